The molecule has 21 heavy (non-hydrogen) atoms. The first kappa shape index (κ1) is 15.7. The topological polar surface area (TPSA) is 75.3 Å². The lowest BCUT2D eigenvalue weighted by atomic mass is 10.1. The Bertz CT molecular complexity index is 674. The van der Waals surface area contributed by atoms with Gasteiger partial charge in [0.25, 0.3) is 0 Å². The zero-order valence-corrected chi connectivity index (χ0v) is 13.6. The van der Waals surface area contributed by atoms with Crippen molar-refractivity contribution in [3.8, 4) is 0 Å². The van der Waals surface area contributed by atoms with Crippen LogP contribution >= 0.6 is 27.5 Å². The van der Waals surface area contributed by atoms with Crippen LogP contribution in [0.2, 0.25) is 5.02 Å². The first-order valence-electron chi connectivity index (χ1n) is 6.23. The molecule has 0 amide bonds. The number of halogens is 2. The third-order valence-corrected chi connectivity index (χ3v) is 3.90. The van der Waals surface area contributed by atoms with E-state index < -0.39 is 5.97 Å². The number of benzene rings is 2. The minimum absolute atomic E-state index is 0.0592. The first-order valence-corrected chi connectivity index (χ1v) is 7.40. The van der Waals surface area contributed by atoms with Gasteiger partial charge in [-0.2, -0.15) is 0 Å². The second kappa shape index (κ2) is 6.37. The number of carboxylic acids is 1. The molecular formula is C15H14BrClN2O2. The number of nitrogens with two attached hydrogens (primary N) is 1. The third-order valence-electron chi connectivity index (χ3n) is 3.07. The number of aromatic carboxylic acids is 1. The molecule has 2 aromatic carbocycles. The average molecular weight is 370 g/mol. The Morgan fingerprint density at radius 3 is 2.52 bits per heavy atom. The van der Waals surface area contributed by atoms with E-state index in [-0.39, 0.29) is 16.6 Å². The van der Waals surface area contributed by atoms with Crippen molar-refractivity contribution in [3.63, 3.8) is 0 Å². The van der Waals surface area contributed by atoms with E-state index in [4.69, 9.17) is 17.3 Å². The smallest absolute Gasteiger partial charge is 0.337 e. The van der Waals surface area contributed by atoms with Crippen molar-refractivity contribution in [1.29, 1.82) is 0 Å². The number of carbonyl (C=O) groups is 1. The zero-order valence-electron chi connectivity index (χ0n) is 11.2. The molecule has 2 aromatic rings. The summed E-state index contributed by atoms with van der Waals surface area (Å²) in [4.78, 5) is 11.3. The average Bonchev–Trinajstić information content (AvgIpc) is 2.41. The van der Waals surface area contributed by atoms with Gasteiger partial charge < -0.3 is 16.2 Å². The summed E-state index contributed by atoms with van der Waals surface area (Å²) in [5.41, 5.74) is 7.41. The minimum atomic E-state index is -1.07. The van der Waals surface area contributed by atoms with Gasteiger partial charge in [-0.1, -0.05) is 39.7 Å². The molecule has 110 valence electrons. The van der Waals surface area contributed by atoms with E-state index in [0.29, 0.717) is 11.4 Å². The summed E-state index contributed by atoms with van der Waals surface area (Å²) in [5.74, 6) is -1.07. The van der Waals surface area contributed by atoms with Crippen molar-refractivity contribution in [2.75, 3.05) is 11.1 Å². The number of nitrogens with one attached hydrogen (secondary N) is 1. The lowest BCUT2D eigenvalue weighted by molar-refractivity contribution is 0.0698. The molecule has 0 aliphatic carbocycles. The highest BCUT2D eigenvalue weighted by Gasteiger charge is 2.17. The lowest BCUT2D eigenvalue weighted by Gasteiger charge is -2.19. The number of rotatable bonds is 4. The summed E-state index contributed by atoms with van der Waals surface area (Å²) in [6, 6.07) is 10.6. The molecule has 0 saturated heterocycles. The van der Waals surface area contributed by atoms with Gasteiger partial charge in [-0.05, 0) is 36.8 Å². The van der Waals surface area contributed by atoms with E-state index >= 15 is 0 Å². The summed E-state index contributed by atoms with van der Waals surface area (Å²) >= 11 is 9.50. The quantitative estimate of drug-likeness (QED) is 0.691. The van der Waals surface area contributed by atoms with Gasteiger partial charge in [0, 0.05) is 16.2 Å². The Labute approximate surface area is 136 Å². The molecule has 2 rings (SSSR count). The van der Waals surface area contributed by atoms with Crippen LogP contribution in [0.4, 0.5) is 11.4 Å². The summed E-state index contributed by atoms with van der Waals surface area (Å²) in [7, 11) is 0. The van der Waals surface area contributed by atoms with Crippen molar-refractivity contribution < 1.29 is 9.90 Å². The molecule has 0 spiro atoms. The van der Waals surface area contributed by atoms with Crippen LogP contribution in [0.15, 0.2) is 40.9 Å². The fourth-order valence-corrected chi connectivity index (χ4v) is 2.54. The van der Waals surface area contributed by atoms with E-state index in [1.165, 1.54) is 12.1 Å². The maximum atomic E-state index is 11.3. The van der Waals surface area contributed by atoms with Crippen LogP contribution in [0.1, 0.15) is 28.9 Å². The molecular weight excluding hydrogens is 356 g/mol. The molecule has 0 fully saturated rings. The first-order chi connectivity index (χ1) is 9.88. The fraction of sp³-hybridized carbons (Fsp3) is 0.133. The van der Waals surface area contributed by atoms with E-state index in [2.05, 4.69) is 21.2 Å². The van der Waals surface area contributed by atoms with Gasteiger partial charge in [-0.15, -0.1) is 0 Å². The number of hydrogen-bond acceptors (Lipinski definition) is 3. The summed E-state index contributed by atoms with van der Waals surface area (Å²) < 4.78 is 0.982. The standard InChI is InChI=1S/C15H14BrClN2O2/c1-8(9-2-4-10(16)5-3-9)19-14-12(15(20)21)6-11(18)7-13(14)17/h2-8,19H,18H2,1H3,(H,20,21). The van der Waals surface area contributed by atoms with Crippen LogP contribution in [0.5, 0.6) is 0 Å². The van der Waals surface area contributed by atoms with Gasteiger partial charge in [0.2, 0.25) is 0 Å². The van der Waals surface area contributed by atoms with Gasteiger partial charge >= 0.3 is 5.97 Å². The molecule has 0 aliphatic rings. The predicted octanol–water partition coefficient (Wildman–Crippen LogP) is 4.56. The van der Waals surface area contributed by atoms with Crippen LogP contribution in [-0.2, 0) is 0 Å². The van der Waals surface area contributed by atoms with Crippen molar-refractivity contribution in [3.05, 3.63) is 57.0 Å². The predicted molar refractivity (Wildman–Crippen MR) is 89.0 cm³/mol. The number of hydrogen-bond donors (Lipinski definition) is 3. The Morgan fingerprint density at radius 1 is 1.33 bits per heavy atom. The molecule has 1 atom stereocenters. The molecule has 0 radical (unpaired) electrons. The van der Waals surface area contributed by atoms with E-state index in [1.54, 1.807) is 0 Å². The van der Waals surface area contributed by atoms with Gasteiger partial charge in [-0.25, -0.2) is 4.79 Å². The number of anilines is 2. The largest absolute Gasteiger partial charge is 0.478 e. The second-order valence-corrected chi connectivity index (χ2v) is 5.97. The Balaban J connectivity index is 2.34. The summed E-state index contributed by atoms with van der Waals surface area (Å²) in [5, 5.41) is 12.7. The molecule has 6 heteroatoms. The second-order valence-electron chi connectivity index (χ2n) is 4.65. The zero-order chi connectivity index (χ0) is 15.6. The Morgan fingerprint density at radius 2 is 1.95 bits per heavy atom. The highest BCUT2D eigenvalue weighted by Crippen LogP contribution is 2.32. The number of carboxylic acid groups (broad SMARTS) is 1. The van der Waals surface area contributed by atoms with Crippen LogP contribution in [-0.4, -0.2) is 11.1 Å². The van der Waals surface area contributed by atoms with E-state index in [0.717, 1.165) is 10.0 Å². The van der Waals surface area contributed by atoms with E-state index in [1.807, 2.05) is 31.2 Å². The Kier molecular flexibility index (Phi) is 4.75. The van der Waals surface area contributed by atoms with Gasteiger partial charge in [0.05, 0.1) is 16.3 Å². The third kappa shape index (κ3) is 3.68. The summed E-state index contributed by atoms with van der Waals surface area (Å²) in [6.45, 7) is 1.93. The maximum absolute atomic E-state index is 11.3. The van der Waals surface area contributed by atoms with Crippen molar-refractivity contribution in [2.45, 2.75) is 13.0 Å². The van der Waals surface area contributed by atoms with Crippen molar-refractivity contribution >= 4 is 44.9 Å². The molecule has 1 unspecified atom stereocenters. The van der Waals surface area contributed by atoms with Crippen LogP contribution < -0.4 is 11.1 Å². The number of nitrogen functional groups attached to an aromatic ring is 1. The normalized spacial score (nSPS) is 12.0. The van der Waals surface area contributed by atoms with Crippen molar-refractivity contribution in [2.24, 2.45) is 0 Å². The Hall–Kier alpha value is -1.72. The minimum Gasteiger partial charge on any atom is -0.478 e. The van der Waals surface area contributed by atoms with Gasteiger partial charge in [-0.3, -0.25) is 0 Å². The molecule has 0 aliphatic heterocycles. The summed E-state index contributed by atoms with van der Waals surface area (Å²) in [6.07, 6.45) is 0. The maximum Gasteiger partial charge on any atom is 0.337 e. The molecule has 0 aromatic heterocycles. The van der Waals surface area contributed by atoms with E-state index in [9.17, 15) is 9.90 Å². The molecule has 0 bridgehead atoms. The highest BCUT2D eigenvalue weighted by atomic mass is 79.9. The van der Waals surface area contributed by atoms with Crippen LogP contribution in [0.3, 0.4) is 0 Å². The molecule has 0 saturated carbocycles. The van der Waals surface area contributed by atoms with Crippen LogP contribution in [0, 0.1) is 0 Å². The molecule has 0 heterocycles. The molecule has 4 nitrogen and oxygen atoms in total. The molecule has 4 N–H and O–H groups in total. The SMILES string of the molecule is CC(Nc1c(Cl)cc(N)cc1C(=O)O)c1ccc(Br)cc1. The van der Waals surface area contributed by atoms with Gasteiger partial charge in [0.1, 0.15) is 0 Å². The monoisotopic (exact) mass is 368 g/mol. The highest BCUT2D eigenvalue weighted by molar-refractivity contribution is 9.10. The fourth-order valence-electron chi connectivity index (χ4n) is 1.99. The van der Waals surface area contributed by atoms with Crippen LogP contribution in [0.25, 0.3) is 0 Å². The van der Waals surface area contributed by atoms with Gasteiger partial charge in [0.15, 0.2) is 0 Å². The van der Waals surface area contributed by atoms with Crippen molar-refractivity contribution in [1.82, 2.24) is 0 Å². The lowest BCUT2D eigenvalue weighted by Crippen LogP contribution is -2.11.